The number of rotatable bonds is 6. The van der Waals surface area contributed by atoms with Crippen molar-refractivity contribution in [3.05, 3.63) is 29.0 Å². The lowest BCUT2D eigenvalue weighted by molar-refractivity contribution is 0.585. The van der Waals surface area contributed by atoms with E-state index in [4.69, 9.17) is 11.6 Å². The van der Waals surface area contributed by atoms with Gasteiger partial charge in [0.25, 0.3) is 0 Å². The maximum absolute atomic E-state index is 13.0. The summed E-state index contributed by atoms with van der Waals surface area (Å²) in [5, 5.41) is 3.58. The van der Waals surface area contributed by atoms with Crippen molar-refractivity contribution >= 4 is 17.3 Å². The van der Waals surface area contributed by atoms with Gasteiger partial charge in [-0.15, -0.1) is 0 Å². The van der Waals surface area contributed by atoms with E-state index >= 15 is 0 Å². The Bertz CT molecular complexity index is 322. The van der Waals surface area contributed by atoms with Crippen molar-refractivity contribution in [3.63, 3.8) is 0 Å². The van der Waals surface area contributed by atoms with E-state index in [1.165, 1.54) is 6.07 Å². The molecule has 0 bridgehead atoms. The van der Waals surface area contributed by atoms with E-state index in [9.17, 15) is 4.39 Å². The van der Waals surface area contributed by atoms with Crippen molar-refractivity contribution in [2.24, 2.45) is 0 Å². The third-order valence-corrected chi connectivity index (χ3v) is 2.85. The lowest BCUT2D eigenvalue weighted by atomic mass is 10.1. The smallest absolute Gasteiger partial charge is 0.141 e. The van der Waals surface area contributed by atoms with Crippen molar-refractivity contribution in [1.82, 2.24) is 0 Å². The Morgan fingerprint density at radius 1 is 1.25 bits per heavy atom. The molecule has 0 radical (unpaired) electrons. The Morgan fingerprint density at radius 2 is 1.88 bits per heavy atom. The van der Waals surface area contributed by atoms with Crippen molar-refractivity contribution in [3.8, 4) is 0 Å². The number of hydrogen-bond donors (Lipinski definition) is 1. The zero-order chi connectivity index (χ0) is 12.0. The summed E-state index contributed by atoms with van der Waals surface area (Å²) in [7, 11) is 0. The molecule has 0 aliphatic carbocycles. The Labute approximate surface area is 102 Å². The molecule has 0 spiro atoms. The van der Waals surface area contributed by atoms with Gasteiger partial charge in [-0.05, 0) is 31.0 Å². The fraction of sp³-hybridized carbons (Fsp3) is 0.538. The van der Waals surface area contributed by atoms with E-state index in [0.717, 1.165) is 31.4 Å². The molecular formula is C13H19ClFN. The highest BCUT2D eigenvalue weighted by molar-refractivity contribution is 6.31. The predicted molar refractivity (Wildman–Crippen MR) is 68.6 cm³/mol. The summed E-state index contributed by atoms with van der Waals surface area (Å²) in [5.41, 5.74) is 0.901. The first-order valence-corrected chi connectivity index (χ1v) is 6.26. The van der Waals surface area contributed by atoms with Crippen LogP contribution in [0.2, 0.25) is 5.02 Å². The maximum Gasteiger partial charge on any atom is 0.141 e. The van der Waals surface area contributed by atoms with Gasteiger partial charge >= 0.3 is 0 Å². The van der Waals surface area contributed by atoms with Gasteiger partial charge in [0, 0.05) is 11.7 Å². The van der Waals surface area contributed by atoms with Gasteiger partial charge < -0.3 is 5.32 Å². The molecule has 1 aromatic rings. The quantitative estimate of drug-likeness (QED) is 0.752. The van der Waals surface area contributed by atoms with Crippen LogP contribution in [0.25, 0.3) is 0 Å². The van der Waals surface area contributed by atoms with Crippen molar-refractivity contribution in [2.45, 2.75) is 45.6 Å². The molecule has 0 heterocycles. The highest BCUT2D eigenvalue weighted by Gasteiger charge is 2.07. The summed E-state index contributed by atoms with van der Waals surface area (Å²) >= 11 is 5.74. The van der Waals surface area contributed by atoms with Crippen molar-refractivity contribution in [1.29, 1.82) is 0 Å². The Morgan fingerprint density at radius 3 is 2.38 bits per heavy atom. The maximum atomic E-state index is 13.0. The van der Waals surface area contributed by atoms with Gasteiger partial charge in [-0.25, -0.2) is 4.39 Å². The highest BCUT2D eigenvalue weighted by atomic mass is 35.5. The molecule has 1 rings (SSSR count). The Hall–Kier alpha value is -0.760. The van der Waals surface area contributed by atoms with E-state index in [2.05, 4.69) is 19.2 Å². The first-order chi connectivity index (χ1) is 7.67. The first-order valence-electron chi connectivity index (χ1n) is 5.89. The van der Waals surface area contributed by atoms with Crippen LogP contribution in [0.5, 0.6) is 0 Å². The van der Waals surface area contributed by atoms with Gasteiger partial charge in [-0.2, -0.15) is 0 Å². The minimum atomic E-state index is -0.366. The van der Waals surface area contributed by atoms with E-state index in [-0.39, 0.29) is 10.8 Å². The van der Waals surface area contributed by atoms with Gasteiger partial charge in [-0.3, -0.25) is 0 Å². The number of hydrogen-bond acceptors (Lipinski definition) is 1. The SMILES string of the molecule is CCCC(CCC)Nc1ccc(F)c(Cl)c1. The highest BCUT2D eigenvalue weighted by Crippen LogP contribution is 2.21. The molecule has 0 fully saturated rings. The summed E-state index contributed by atoms with van der Waals surface area (Å²) < 4.78 is 13.0. The van der Waals surface area contributed by atoms with Gasteiger partial charge in [-0.1, -0.05) is 38.3 Å². The van der Waals surface area contributed by atoms with Crippen LogP contribution in [0, 0.1) is 5.82 Å². The van der Waals surface area contributed by atoms with E-state index in [1.54, 1.807) is 12.1 Å². The van der Waals surface area contributed by atoms with E-state index < -0.39 is 0 Å². The molecule has 0 atom stereocenters. The van der Waals surface area contributed by atoms with Gasteiger partial charge in [0.15, 0.2) is 0 Å². The number of halogens is 2. The van der Waals surface area contributed by atoms with Crippen LogP contribution in [-0.2, 0) is 0 Å². The van der Waals surface area contributed by atoms with Gasteiger partial charge in [0.2, 0.25) is 0 Å². The molecule has 1 nitrogen and oxygen atoms in total. The second-order valence-electron chi connectivity index (χ2n) is 4.05. The third kappa shape index (κ3) is 4.01. The second-order valence-corrected chi connectivity index (χ2v) is 4.45. The fourth-order valence-corrected chi connectivity index (χ4v) is 1.99. The molecule has 0 aliphatic rings. The molecule has 0 amide bonds. The predicted octanol–water partition coefficient (Wildman–Crippen LogP) is 4.86. The van der Waals surface area contributed by atoms with E-state index in [0.29, 0.717) is 6.04 Å². The zero-order valence-corrected chi connectivity index (χ0v) is 10.6. The molecule has 0 saturated carbocycles. The molecule has 3 heteroatoms. The van der Waals surface area contributed by atoms with Crippen LogP contribution in [0.4, 0.5) is 10.1 Å². The monoisotopic (exact) mass is 243 g/mol. The van der Waals surface area contributed by atoms with Crippen LogP contribution in [0.15, 0.2) is 18.2 Å². The Kier molecular flexibility index (Phi) is 5.61. The molecule has 0 unspecified atom stereocenters. The number of anilines is 1. The van der Waals surface area contributed by atoms with Crippen LogP contribution >= 0.6 is 11.6 Å². The van der Waals surface area contributed by atoms with Crippen LogP contribution in [-0.4, -0.2) is 6.04 Å². The van der Waals surface area contributed by atoms with Crippen LogP contribution in [0.1, 0.15) is 39.5 Å². The molecule has 1 N–H and O–H groups in total. The molecule has 1 aromatic carbocycles. The molecule has 16 heavy (non-hydrogen) atoms. The minimum Gasteiger partial charge on any atom is -0.382 e. The second kappa shape index (κ2) is 6.74. The van der Waals surface area contributed by atoms with Crippen molar-refractivity contribution in [2.75, 3.05) is 5.32 Å². The average molecular weight is 244 g/mol. The first kappa shape index (κ1) is 13.3. The van der Waals surface area contributed by atoms with Crippen LogP contribution in [0.3, 0.4) is 0 Å². The van der Waals surface area contributed by atoms with Gasteiger partial charge in [0.1, 0.15) is 5.82 Å². The normalized spacial score (nSPS) is 10.8. The molecule has 0 saturated heterocycles. The van der Waals surface area contributed by atoms with E-state index in [1.807, 2.05) is 0 Å². The summed E-state index contributed by atoms with van der Waals surface area (Å²) in [6, 6.07) is 5.24. The molecule has 90 valence electrons. The lowest BCUT2D eigenvalue weighted by Gasteiger charge is -2.18. The summed E-state index contributed by atoms with van der Waals surface area (Å²) in [6.45, 7) is 4.34. The zero-order valence-electron chi connectivity index (χ0n) is 9.89. The standard InChI is InChI=1S/C13H19ClFN/c1-3-5-10(6-4-2)16-11-7-8-13(15)12(14)9-11/h7-10,16H,3-6H2,1-2H3. The molecule has 0 aliphatic heterocycles. The summed E-state index contributed by atoms with van der Waals surface area (Å²) in [4.78, 5) is 0. The minimum absolute atomic E-state index is 0.178. The lowest BCUT2D eigenvalue weighted by Crippen LogP contribution is -2.18. The Balaban J connectivity index is 2.65. The fourth-order valence-electron chi connectivity index (χ4n) is 1.81. The molecular weight excluding hydrogens is 225 g/mol. The summed E-state index contributed by atoms with van der Waals surface area (Å²) in [6.07, 6.45) is 4.55. The van der Waals surface area contributed by atoms with Gasteiger partial charge in [0.05, 0.1) is 5.02 Å². The average Bonchev–Trinajstić information content (AvgIpc) is 2.24. The number of nitrogens with one attached hydrogen (secondary N) is 1. The van der Waals surface area contributed by atoms with Crippen molar-refractivity contribution < 1.29 is 4.39 Å². The molecule has 0 aromatic heterocycles. The summed E-state index contributed by atoms with van der Waals surface area (Å²) in [5.74, 6) is -0.366. The topological polar surface area (TPSA) is 12.0 Å². The largest absolute Gasteiger partial charge is 0.382 e. The number of benzene rings is 1. The third-order valence-electron chi connectivity index (χ3n) is 2.56. The van der Waals surface area contributed by atoms with Crippen LogP contribution < -0.4 is 5.32 Å².